The second-order valence-corrected chi connectivity index (χ2v) is 5.69. The highest BCUT2D eigenvalue weighted by atomic mass is 16.5. The summed E-state index contributed by atoms with van der Waals surface area (Å²) >= 11 is 0. The van der Waals surface area contributed by atoms with E-state index in [9.17, 15) is 4.79 Å². The van der Waals surface area contributed by atoms with E-state index >= 15 is 0 Å². The van der Waals surface area contributed by atoms with E-state index in [0.29, 0.717) is 23.1 Å². The summed E-state index contributed by atoms with van der Waals surface area (Å²) in [6.45, 7) is 1.74. The van der Waals surface area contributed by atoms with Crippen LogP contribution in [0, 0.1) is 6.92 Å². The molecular weight excluding hydrogens is 344 g/mol. The molecule has 1 amide bonds. The van der Waals surface area contributed by atoms with Crippen molar-refractivity contribution >= 4 is 23.1 Å². The monoisotopic (exact) mass is 364 g/mol. The second-order valence-electron chi connectivity index (χ2n) is 5.69. The number of carbonyl (C=O) groups excluding carboxylic acids is 1. The molecule has 2 aromatic carbocycles. The number of aryl methyl sites for hydroxylation is 1. The highest BCUT2D eigenvalue weighted by Gasteiger charge is 2.13. The number of hydrogen-bond acceptors (Lipinski definition) is 6. The molecule has 0 atom stereocenters. The molecule has 1 heterocycles. The lowest BCUT2D eigenvalue weighted by molar-refractivity contribution is 0.102. The van der Waals surface area contributed by atoms with Crippen molar-refractivity contribution in [3.63, 3.8) is 0 Å². The molecule has 0 aliphatic heterocycles. The third-order valence-electron chi connectivity index (χ3n) is 3.79. The predicted molar refractivity (Wildman–Crippen MR) is 104 cm³/mol. The first-order valence-corrected chi connectivity index (χ1v) is 8.30. The van der Waals surface area contributed by atoms with Gasteiger partial charge in [0.15, 0.2) is 0 Å². The fourth-order valence-electron chi connectivity index (χ4n) is 2.50. The number of para-hydroxylation sites is 2. The van der Waals surface area contributed by atoms with E-state index in [0.717, 1.165) is 11.4 Å². The molecule has 7 heteroatoms. The summed E-state index contributed by atoms with van der Waals surface area (Å²) in [5, 5.41) is 5.98. The fraction of sp³-hybridized carbons (Fsp3) is 0.150. The molecule has 3 aromatic rings. The molecule has 1 aromatic heterocycles. The maximum Gasteiger partial charge on any atom is 0.274 e. The van der Waals surface area contributed by atoms with E-state index < -0.39 is 0 Å². The van der Waals surface area contributed by atoms with Crippen molar-refractivity contribution in [3.05, 3.63) is 66.1 Å². The lowest BCUT2D eigenvalue weighted by atomic mass is 10.2. The Kier molecular flexibility index (Phi) is 5.51. The Labute approximate surface area is 157 Å². The van der Waals surface area contributed by atoms with Crippen LogP contribution in [0.25, 0.3) is 0 Å². The molecule has 0 fully saturated rings. The minimum atomic E-state index is -0.345. The molecule has 0 unspecified atom stereocenters. The molecule has 0 aliphatic carbocycles. The van der Waals surface area contributed by atoms with Crippen LogP contribution >= 0.6 is 0 Å². The molecule has 0 bridgehead atoms. The van der Waals surface area contributed by atoms with Crippen LogP contribution in [0.2, 0.25) is 0 Å². The van der Waals surface area contributed by atoms with Crippen LogP contribution in [-0.2, 0) is 0 Å². The third-order valence-corrected chi connectivity index (χ3v) is 3.79. The summed E-state index contributed by atoms with van der Waals surface area (Å²) in [5.41, 5.74) is 1.65. The normalized spacial score (nSPS) is 10.2. The van der Waals surface area contributed by atoms with Crippen LogP contribution in [0.3, 0.4) is 0 Å². The van der Waals surface area contributed by atoms with E-state index in [4.69, 9.17) is 9.47 Å². The number of ether oxygens (including phenoxy) is 2. The number of nitrogens with one attached hydrogen (secondary N) is 2. The Morgan fingerprint density at radius 1 is 0.963 bits per heavy atom. The molecule has 0 saturated carbocycles. The summed E-state index contributed by atoms with van der Waals surface area (Å²) in [6, 6.07) is 16.2. The van der Waals surface area contributed by atoms with Crippen LogP contribution in [-0.4, -0.2) is 30.1 Å². The van der Waals surface area contributed by atoms with Crippen molar-refractivity contribution in [3.8, 4) is 11.5 Å². The maximum absolute atomic E-state index is 12.6. The first kappa shape index (κ1) is 18.2. The van der Waals surface area contributed by atoms with Crippen LogP contribution in [0.15, 0.2) is 54.6 Å². The Morgan fingerprint density at radius 3 is 2.41 bits per heavy atom. The van der Waals surface area contributed by atoms with E-state index in [2.05, 4.69) is 20.6 Å². The molecule has 0 saturated heterocycles. The zero-order valence-electron chi connectivity index (χ0n) is 15.3. The quantitative estimate of drug-likeness (QED) is 0.692. The molecule has 138 valence electrons. The Hall–Kier alpha value is -3.61. The van der Waals surface area contributed by atoms with Crippen molar-refractivity contribution in [2.75, 3.05) is 24.9 Å². The van der Waals surface area contributed by atoms with E-state index in [1.165, 1.54) is 0 Å². The van der Waals surface area contributed by atoms with Gasteiger partial charge in [0, 0.05) is 11.8 Å². The molecule has 2 N–H and O–H groups in total. The SMILES string of the molecule is COc1ccc(Nc2cc(C(=O)Nc3ccccc3OC)nc(C)n2)cc1. The smallest absolute Gasteiger partial charge is 0.274 e. The fourth-order valence-corrected chi connectivity index (χ4v) is 2.50. The zero-order valence-corrected chi connectivity index (χ0v) is 15.3. The molecule has 7 nitrogen and oxygen atoms in total. The van der Waals surface area contributed by atoms with Crippen LogP contribution in [0.4, 0.5) is 17.2 Å². The minimum absolute atomic E-state index is 0.254. The second kappa shape index (κ2) is 8.18. The van der Waals surface area contributed by atoms with Gasteiger partial charge in [-0.1, -0.05) is 12.1 Å². The number of amides is 1. The van der Waals surface area contributed by atoms with Crippen molar-refractivity contribution < 1.29 is 14.3 Å². The van der Waals surface area contributed by atoms with Crippen molar-refractivity contribution in [2.45, 2.75) is 6.92 Å². The largest absolute Gasteiger partial charge is 0.497 e. The van der Waals surface area contributed by atoms with Gasteiger partial charge in [0.2, 0.25) is 0 Å². The number of anilines is 3. The number of hydrogen-bond donors (Lipinski definition) is 2. The number of nitrogens with zero attached hydrogens (tertiary/aromatic N) is 2. The number of rotatable bonds is 6. The predicted octanol–water partition coefficient (Wildman–Crippen LogP) is 3.80. The van der Waals surface area contributed by atoms with Gasteiger partial charge in [-0.15, -0.1) is 0 Å². The summed E-state index contributed by atoms with van der Waals surface area (Å²) in [6.07, 6.45) is 0. The zero-order chi connectivity index (χ0) is 19.2. The first-order valence-electron chi connectivity index (χ1n) is 8.30. The molecule has 0 aliphatic rings. The van der Waals surface area contributed by atoms with Crippen molar-refractivity contribution in [1.82, 2.24) is 9.97 Å². The van der Waals surface area contributed by atoms with E-state index in [1.807, 2.05) is 36.4 Å². The maximum atomic E-state index is 12.6. The van der Waals surface area contributed by atoms with Gasteiger partial charge in [-0.2, -0.15) is 0 Å². The Morgan fingerprint density at radius 2 is 1.70 bits per heavy atom. The summed E-state index contributed by atoms with van der Waals surface area (Å²) < 4.78 is 10.4. The van der Waals surface area contributed by atoms with E-state index in [-0.39, 0.29) is 11.6 Å². The summed E-state index contributed by atoms with van der Waals surface area (Å²) in [5.74, 6) is 2.00. The molecule has 3 rings (SSSR count). The average Bonchev–Trinajstić information content (AvgIpc) is 2.68. The first-order chi connectivity index (χ1) is 13.1. The Balaban J connectivity index is 1.80. The number of methoxy groups -OCH3 is 2. The highest BCUT2D eigenvalue weighted by molar-refractivity contribution is 6.04. The van der Waals surface area contributed by atoms with Gasteiger partial charge in [-0.25, -0.2) is 9.97 Å². The lowest BCUT2D eigenvalue weighted by Crippen LogP contribution is -2.16. The number of benzene rings is 2. The molecule has 0 spiro atoms. The summed E-state index contributed by atoms with van der Waals surface area (Å²) in [7, 11) is 3.17. The van der Waals surface area contributed by atoms with Gasteiger partial charge in [0.1, 0.15) is 28.8 Å². The van der Waals surface area contributed by atoms with Gasteiger partial charge in [0.25, 0.3) is 5.91 Å². The average molecular weight is 364 g/mol. The molecular formula is C20H20N4O3. The highest BCUT2D eigenvalue weighted by Crippen LogP contribution is 2.24. The third kappa shape index (κ3) is 4.52. The summed E-state index contributed by atoms with van der Waals surface area (Å²) in [4.78, 5) is 21.2. The van der Waals surface area contributed by atoms with Gasteiger partial charge >= 0.3 is 0 Å². The number of carbonyl (C=O) groups is 1. The molecule has 0 radical (unpaired) electrons. The topological polar surface area (TPSA) is 85.4 Å². The van der Waals surface area contributed by atoms with Crippen LogP contribution in [0.1, 0.15) is 16.3 Å². The van der Waals surface area contributed by atoms with Crippen LogP contribution in [0.5, 0.6) is 11.5 Å². The standard InChI is InChI=1S/C20H20N4O3/c1-13-21-17(20(25)24-16-6-4-5-7-18(16)27-3)12-19(22-13)23-14-8-10-15(26-2)11-9-14/h4-12H,1-3H3,(H,24,25)(H,21,22,23). The van der Waals surface area contributed by atoms with Gasteiger partial charge < -0.3 is 20.1 Å². The van der Waals surface area contributed by atoms with Crippen molar-refractivity contribution in [2.24, 2.45) is 0 Å². The Bertz CT molecular complexity index is 942. The lowest BCUT2D eigenvalue weighted by Gasteiger charge is -2.11. The van der Waals surface area contributed by atoms with Gasteiger partial charge in [-0.3, -0.25) is 4.79 Å². The van der Waals surface area contributed by atoms with E-state index in [1.54, 1.807) is 39.3 Å². The van der Waals surface area contributed by atoms with Gasteiger partial charge in [-0.05, 0) is 43.3 Å². The minimum Gasteiger partial charge on any atom is -0.497 e. The molecule has 27 heavy (non-hydrogen) atoms. The number of aromatic nitrogens is 2. The van der Waals surface area contributed by atoms with Gasteiger partial charge in [0.05, 0.1) is 19.9 Å². The van der Waals surface area contributed by atoms with Crippen LogP contribution < -0.4 is 20.1 Å². The van der Waals surface area contributed by atoms with Crippen molar-refractivity contribution in [1.29, 1.82) is 0 Å².